The van der Waals surface area contributed by atoms with E-state index in [1.165, 1.54) is 48.8 Å². The van der Waals surface area contributed by atoms with Crippen LogP contribution in [-0.4, -0.2) is 16.0 Å². The van der Waals surface area contributed by atoms with Crippen molar-refractivity contribution in [3.8, 4) is 0 Å². The topological polar surface area (TPSA) is 49.8 Å². The van der Waals surface area contributed by atoms with Crippen molar-refractivity contribution in [3.05, 3.63) is 40.6 Å². The number of aryl methyl sites for hydroxylation is 4. The zero-order valence-electron chi connectivity index (χ0n) is 15.2. The quantitative estimate of drug-likeness (QED) is 0.811. The van der Waals surface area contributed by atoms with Gasteiger partial charge in [-0.1, -0.05) is 37.0 Å². The van der Waals surface area contributed by atoms with Crippen LogP contribution in [0.5, 0.6) is 0 Å². The Kier molecular flexibility index (Phi) is 5.03. The summed E-state index contributed by atoms with van der Waals surface area (Å²) in [5, 5.41) is 7.02. The number of rotatable bonds is 4. The highest BCUT2D eigenvalue weighted by Gasteiger charge is 2.14. The van der Waals surface area contributed by atoms with Gasteiger partial charge in [0.15, 0.2) is 0 Å². The first-order valence-corrected chi connectivity index (χ1v) is 8.98. The van der Waals surface area contributed by atoms with Crippen LogP contribution in [0.25, 0.3) is 0 Å². The average Bonchev–Trinajstić information content (AvgIpc) is 2.51. The number of hydrogen-bond donors (Lipinski definition) is 2. The molecule has 1 aliphatic rings. The largest absolute Gasteiger partial charge is 0.367 e. The molecular weight excluding hydrogens is 296 g/mol. The van der Waals surface area contributed by atoms with Gasteiger partial charge in [-0.05, 0) is 51.7 Å². The maximum Gasteiger partial charge on any atom is 0.229 e. The van der Waals surface area contributed by atoms with Crippen LogP contribution in [-0.2, 0) is 0 Å². The molecular formula is C20H28N4. The Morgan fingerprint density at radius 3 is 2.21 bits per heavy atom. The predicted molar refractivity (Wildman–Crippen MR) is 101 cm³/mol. The summed E-state index contributed by atoms with van der Waals surface area (Å²) in [6, 6.07) is 6.96. The molecule has 1 aliphatic carbocycles. The van der Waals surface area contributed by atoms with Crippen molar-refractivity contribution in [2.45, 2.75) is 65.8 Å². The lowest BCUT2D eigenvalue weighted by molar-refractivity contribution is 0.462. The van der Waals surface area contributed by atoms with Crippen LogP contribution in [0.2, 0.25) is 0 Å². The third-order valence-corrected chi connectivity index (χ3v) is 4.73. The van der Waals surface area contributed by atoms with Crippen molar-refractivity contribution in [3.63, 3.8) is 0 Å². The first kappa shape index (κ1) is 16.7. The van der Waals surface area contributed by atoms with Gasteiger partial charge in [0, 0.05) is 23.5 Å². The van der Waals surface area contributed by atoms with Crippen molar-refractivity contribution in [1.82, 2.24) is 9.97 Å². The summed E-state index contributed by atoms with van der Waals surface area (Å²) in [6.45, 7) is 8.39. The number of nitrogens with zero attached hydrogens (tertiary/aromatic N) is 2. The number of aromatic nitrogens is 2. The molecule has 0 unspecified atom stereocenters. The normalized spacial score (nSPS) is 15.3. The minimum absolute atomic E-state index is 0.545. The molecule has 0 aliphatic heterocycles. The van der Waals surface area contributed by atoms with Crippen molar-refractivity contribution in [1.29, 1.82) is 0 Å². The summed E-state index contributed by atoms with van der Waals surface area (Å²) in [5.74, 6) is 1.60. The zero-order chi connectivity index (χ0) is 17.1. The molecule has 4 nitrogen and oxygen atoms in total. The van der Waals surface area contributed by atoms with Gasteiger partial charge in [0.1, 0.15) is 5.82 Å². The van der Waals surface area contributed by atoms with Crippen LogP contribution in [0.4, 0.5) is 17.5 Å². The van der Waals surface area contributed by atoms with Crippen molar-refractivity contribution < 1.29 is 0 Å². The molecule has 1 saturated carbocycles. The third kappa shape index (κ3) is 4.05. The number of benzene rings is 1. The van der Waals surface area contributed by atoms with Gasteiger partial charge in [0.05, 0.1) is 0 Å². The van der Waals surface area contributed by atoms with Gasteiger partial charge >= 0.3 is 0 Å². The summed E-state index contributed by atoms with van der Waals surface area (Å²) in [7, 11) is 0. The van der Waals surface area contributed by atoms with E-state index in [4.69, 9.17) is 4.98 Å². The Labute approximate surface area is 145 Å². The Morgan fingerprint density at radius 1 is 0.875 bits per heavy atom. The predicted octanol–water partition coefficient (Wildman–Crippen LogP) is 5.20. The molecule has 4 heteroatoms. The standard InChI is InChI=1S/C20H28N4/c1-13-10-14(2)19(15(3)11-13)24-20-21-16(4)12-18(23-20)22-17-8-6-5-7-9-17/h10-12,17H,5-9H2,1-4H3,(H2,21,22,23,24). The van der Waals surface area contributed by atoms with Crippen molar-refractivity contribution in [2.75, 3.05) is 10.6 Å². The van der Waals surface area contributed by atoms with Crippen LogP contribution in [0.1, 0.15) is 54.5 Å². The van der Waals surface area contributed by atoms with Gasteiger partial charge in [-0.3, -0.25) is 0 Å². The van der Waals surface area contributed by atoms with Crippen molar-refractivity contribution >= 4 is 17.5 Å². The summed E-state index contributed by atoms with van der Waals surface area (Å²) in [4.78, 5) is 9.26. The molecule has 0 radical (unpaired) electrons. The van der Waals surface area contributed by atoms with E-state index >= 15 is 0 Å². The molecule has 0 spiro atoms. The first-order chi connectivity index (χ1) is 11.5. The van der Waals surface area contributed by atoms with Crippen LogP contribution in [0.15, 0.2) is 18.2 Å². The minimum atomic E-state index is 0.545. The van der Waals surface area contributed by atoms with Crippen LogP contribution < -0.4 is 10.6 Å². The Bertz CT molecular complexity index is 695. The monoisotopic (exact) mass is 324 g/mol. The molecule has 3 rings (SSSR count). The van der Waals surface area contributed by atoms with E-state index in [0.717, 1.165) is 17.2 Å². The van der Waals surface area contributed by atoms with Gasteiger partial charge in [-0.2, -0.15) is 4.98 Å². The summed E-state index contributed by atoms with van der Waals surface area (Å²) in [5.41, 5.74) is 5.81. The summed E-state index contributed by atoms with van der Waals surface area (Å²) >= 11 is 0. The van der Waals surface area contributed by atoms with Crippen LogP contribution in [0.3, 0.4) is 0 Å². The smallest absolute Gasteiger partial charge is 0.229 e. The molecule has 0 bridgehead atoms. The molecule has 1 fully saturated rings. The van der Waals surface area contributed by atoms with E-state index in [0.29, 0.717) is 12.0 Å². The highest BCUT2D eigenvalue weighted by Crippen LogP contribution is 2.26. The summed E-state index contributed by atoms with van der Waals surface area (Å²) < 4.78 is 0. The van der Waals surface area contributed by atoms with E-state index in [1.807, 2.05) is 13.0 Å². The second-order valence-corrected chi connectivity index (χ2v) is 7.10. The van der Waals surface area contributed by atoms with E-state index < -0.39 is 0 Å². The zero-order valence-corrected chi connectivity index (χ0v) is 15.2. The molecule has 1 aromatic carbocycles. The first-order valence-electron chi connectivity index (χ1n) is 8.98. The average molecular weight is 324 g/mol. The van der Waals surface area contributed by atoms with Crippen molar-refractivity contribution in [2.24, 2.45) is 0 Å². The SMILES string of the molecule is Cc1cc(C)c(Nc2nc(C)cc(NC3CCCCC3)n2)c(C)c1. The fourth-order valence-corrected chi connectivity index (χ4v) is 3.64. The van der Waals surface area contributed by atoms with E-state index in [1.54, 1.807) is 0 Å². The van der Waals surface area contributed by atoms with Gasteiger partial charge < -0.3 is 10.6 Å². The highest BCUT2D eigenvalue weighted by molar-refractivity contribution is 5.64. The van der Waals surface area contributed by atoms with Gasteiger partial charge in [0.25, 0.3) is 0 Å². The number of anilines is 3. The lowest BCUT2D eigenvalue weighted by Crippen LogP contribution is -2.23. The molecule has 0 atom stereocenters. The van der Waals surface area contributed by atoms with Crippen LogP contribution in [0, 0.1) is 27.7 Å². The Morgan fingerprint density at radius 2 is 1.54 bits per heavy atom. The lowest BCUT2D eigenvalue weighted by Gasteiger charge is -2.23. The fraction of sp³-hybridized carbons (Fsp3) is 0.500. The second kappa shape index (κ2) is 7.20. The molecule has 24 heavy (non-hydrogen) atoms. The molecule has 0 amide bonds. The number of hydrogen-bond acceptors (Lipinski definition) is 4. The highest BCUT2D eigenvalue weighted by atomic mass is 15.2. The van der Waals surface area contributed by atoms with Crippen LogP contribution >= 0.6 is 0 Å². The minimum Gasteiger partial charge on any atom is -0.367 e. The van der Waals surface area contributed by atoms with E-state index in [-0.39, 0.29) is 0 Å². The van der Waals surface area contributed by atoms with E-state index in [2.05, 4.69) is 48.5 Å². The summed E-state index contributed by atoms with van der Waals surface area (Å²) in [6.07, 6.45) is 6.47. The molecule has 0 saturated heterocycles. The Hall–Kier alpha value is -2.10. The molecule has 1 heterocycles. The van der Waals surface area contributed by atoms with Gasteiger partial charge in [-0.25, -0.2) is 4.98 Å². The lowest BCUT2D eigenvalue weighted by atomic mass is 9.95. The molecule has 1 aromatic heterocycles. The van der Waals surface area contributed by atoms with E-state index in [9.17, 15) is 0 Å². The molecule has 2 N–H and O–H groups in total. The third-order valence-electron chi connectivity index (χ3n) is 4.73. The van der Waals surface area contributed by atoms with Gasteiger partial charge in [-0.15, -0.1) is 0 Å². The maximum atomic E-state index is 4.69. The number of nitrogens with one attached hydrogen (secondary N) is 2. The molecule has 2 aromatic rings. The maximum absolute atomic E-state index is 4.69. The molecule has 128 valence electrons. The Balaban J connectivity index is 1.81. The second-order valence-electron chi connectivity index (χ2n) is 7.10. The van der Waals surface area contributed by atoms with Gasteiger partial charge in [0.2, 0.25) is 5.95 Å². The fourth-order valence-electron chi connectivity index (χ4n) is 3.64.